The molecule has 0 bridgehead atoms. The van der Waals surface area contributed by atoms with E-state index in [1.54, 1.807) is 0 Å². The van der Waals surface area contributed by atoms with Crippen LogP contribution in [0.4, 0.5) is 0 Å². The van der Waals surface area contributed by atoms with Crippen molar-refractivity contribution in [3.8, 4) is 0 Å². The molecule has 24 heavy (non-hydrogen) atoms. The summed E-state index contributed by atoms with van der Waals surface area (Å²) >= 11 is 0. The largest absolute Gasteiger partial charge is 0.480 e. The van der Waals surface area contributed by atoms with Crippen molar-refractivity contribution in [3.05, 3.63) is 35.9 Å². The fourth-order valence-electron chi connectivity index (χ4n) is 3.54. The van der Waals surface area contributed by atoms with Crippen LogP contribution in [0.2, 0.25) is 0 Å². The van der Waals surface area contributed by atoms with Crippen molar-refractivity contribution in [1.29, 1.82) is 0 Å². The van der Waals surface area contributed by atoms with E-state index >= 15 is 0 Å². The van der Waals surface area contributed by atoms with Gasteiger partial charge >= 0.3 is 5.97 Å². The van der Waals surface area contributed by atoms with Crippen LogP contribution in [0.5, 0.6) is 0 Å². The molecule has 130 valence electrons. The predicted octanol–water partition coefficient (Wildman–Crippen LogP) is 1.01. The van der Waals surface area contributed by atoms with Crippen LogP contribution in [0.15, 0.2) is 30.3 Å². The number of benzene rings is 1. The molecule has 1 aliphatic heterocycles. The van der Waals surface area contributed by atoms with Gasteiger partial charge in [-0.15, -0.1) is 0 Å². The van der Waals surface area contributed by atoms with E-state index in [0.29, 0.717) is 19.3 Å². The lowest BCUT2D eigenvalue weighted by molar-refractivity contribution is -0.142. The van der Waals surface area contributed by atoms with Crippen molar-refractivity contribution in [1.82, 2.24) is 5.32 Å². The molecule has 6 nitrogen and oxygen atoms in total. The molecule has 1 heterocycles. The summed E-state index contributed by atoms with van der Waals surface area (Å²) in [5, 5.41) is 12.0. The van der Waals surface area contributed by atoms with Gasteiger partial charge in [-0.2, -0.15) is 0 Å². The number of carbonyl (C=O) groups is 2. The number of hydrogen-bond acceptors (Lipinski definition) is 4. The van der Waals surface area contributed by atoms with Gasteiger partial charge in [0.1, 0.15) is 15.9 Å². The maximum Gasteiger partial charge on any atom is 0.326 e. The molecule has 7 heteroatoms. The van der Waals surface area contributed by atoms with Crippen LogP contribution < -0.4 is 5.32 Å². The number of rotatable bonds is 5. The van der Waals surface area contributed by atoms with Crippen LogP contribution >= 0.6 is 0 Å². The van der Waals surface area contributed by atoms with Gasteiger partial charge in [-0.1, -0.05) is 30.3 Å². The Morgan fingerprint density at radius 2 is 1.83 bits per heavy atom. The van der Waals surface area contributed by atoms with Crippen molar-refractivity contribution in [2.24, 2.45) is 11.3 Å². The molecular weight excluding hydrogens is 330 g/mol. The minimum absolute atomic E-state index is 0.128. The van der Waals surface area contributed by atoms with Gasteiger partial charge in [0.05, 0.1) is 11.5 Å². The third-order valence-electron chi connectivity index (χ3n) is 5.23. The van der Waals surface area contributed by atoms with Gasteiger partial charge in [0.2, 0.25) is 5.91 Å². The van der Waals surface area contributed by atoms with Gasteiger partial charge in [-0.05, 0) is 30.2 Å². The molecular formula is C17H21NO5S. The van der Waals surface area contributed by atoms with Gasteiger partial charge in [-0.25, -0.2) is 13.2 Å². The molecule has 2 atom stereocenters. The number of nitrogens with one attached hydrogen (secondary N) is 1. The molecule has 1 saturated carbocycles. The number of carboxylic acid groups (broad SMARTS) is 1. The highest BCUT2D eigenvalue weighted by Crippen LogP contribution is 2.59. The number of carbonyl (C=O) groups excluding carboxylic acids is 1. The van der Waals surface area contributed by atoms with E-state index in [-0.39, 0.29) is 35.2 Å². The molecule has 2 N–H and O–H groups in total. The second-order valence-corrected chi connectivity index (χ2v) is 9.16. The lowest BCUT2D eigenvalue weighted by atomic mass is 9.95. The lowest BCUT2D eigenvalue weighted by Gasteiger charge is -2.23. The average Bonchev–Trinajstić information content (AvgIpc) is 3.26. The Kier molecular flexibility index (Phi) is 4.38. The zero-order valence-electron chi connectivity index (χ0n) is 13.3. The van der Waals surface area contributed by atoms with E-state index in [0.717, 1.165) is 5.56 Å². The Bertz CT molecular complexity index is 730. The topological polar surface area (TPSA) is 101 Å². The average molecular weight is 351 g/mol. The maximum absolute atomic E-state index is 12.4. The van der Waals surface area contributed by atoms with Crippen LogP contribution in [0.3, 0.4) is 0 Å². The van der Waals surface area contributed by atoms with Crippen molar-refractivity contribution in [2.45, 2.75) is 31.7 Å². The van der Waals surface area contributed by atoms with E-state index in [9.17, 15) is 23.1 Å². The number of sulfone groups is 1. The summed E-state index contributed by atoms with van der Waals surface area (Å²) in [5.74, 6) is -1.33. The van der Waals surface area contributed by atoms with Crippen LogP contribution in [-0.4, -0.2) is 42.9 Å². The van der Waals surface area contributed by atoms with Crippen molar-refractivity contribution in [3.63, 3.8) is 0 Å². The first kappa shape index (κ1) is 17.0. The van der Waals surface area contributed by atoms with Gasteiger partial charge in [-0.3, -0.25) is 4.79 Å². The third-order valence-corrected chi connectivity index (χ3v) is 6.88. The van der Waals surface area contributed by atoms with E-state index in [2.05, 4.69) is 5.32 Å². The molecule has 1 aromatic carbocycles. The Morgan fingerprint density at radius 1 is 1.21 bits per heavy atom. The molecule has 0 aromatic heterocycles. The highest BCUT2D eigenvalue weighted by Gasteiger charge is 2.59. The molecule has 0 radical (unpaired) electrons. The summed E-state index contributed by atoms with van der Waals surface area (Å²) in [5.41, 5.74) is 0.616. The van der Waals surface area contributed by atoms with Gasteiger partial charge in [0.15, 0.2) is 0 Å². The number of carboxylic acids is 1. The van der Waals surface area contributed by atoms with Crippen LogP contribution in [0.1, 0.15) is 24.8 Å². The molecule has 1 saturated heterocycles. The second-order valence-electron chi connectivity index (χ2n) is 6.86. The zero-order valence-corrected chi connectivity index (χ0v) is 14.1. The summed E-state index contributed by atoms with van der Waals surface area (Å²) < 4.78 is 23.1. The molecule has 1 aliphatic carbocycles. The van der Waals surface area contributed by atoms with Gasteiger partial charge in [0.25, 0.3) is 0 Å². The molecule has 2 aliphatic rings. The van der Waals surface area contributed by atoms with Crippen molar-refractivity contribution < 1.29 is 23.1 Å². The monoisotopic (exact) mass is 351 g/mol. The zero-order chi connectivity index (χ0) is 17.4. The molecule has 1 spiro atoms. The minimum Gasteiger partial charge on any atom is -0.480 e. The van der Waals surface area contributed by atoms with Crippen LogP contribution in [0, 0.1) is 11.3 Å². The normalized spacial score (nSPS) is 24.9. The first-order chi connectivity index (χ1) is 11.3. The summed E-state index contributed by atoms with van der Waals surface area (Å²) in [4.78, 5) is 23.9. The maximum atomic E-state index is 12.4. The van der Waals surface area contributed by atoms with Crippen LogP contribution in [0.25, 0.3) is 0 Å². The third kappa shape index (κ3) is 3.61. The quantitative estimate of drug-likeness (QED) is 0.825. The van der Waals surface area contributed by atoms with E-state index in [1.807, 2.05) is 30.3 Å². The summed E-state index contributed by atoms with van der Waals surface area (Å²) in [6.45, 7) is 0. The van der Waals surface area contributed by atoms with E-state index in [4.69, 9.17) is 0 Å². The van der Waals surface area contributed by atoms with E-state index < -0.39 is 21.8 Å². The number of amides is 1. The fraction of sp³-hybridized carbons (Fsp3) is 0.529. The molecule has 2 fully saturated rings. The SMILES string of the molecule is O=C(O)C(Cc1ccccc1)NC(=O)C1CC12CCS(=O)(=O)CC2. The molecule has 3 rings (SSSR count). The first-order valence-electron chi connectivity index (χ1n) is 8.09. The highest BCUT2D eigenvalue weighted by atomic mass is 32.2. The summed E-state index contributed by atoms with van der Waals surface area (Å²) in [6.07, 6.45) is 1.90. The molecule has 1 aromatic rings. The van der Waals surface area contributed by atoms with Crippen molar-refractivity contribution >= 4 is 21.7 Å². The highest BCUT2D eigenvalue weighted by molar-refractivity contribution is 7.91. The second kappa shape index (κ2) is 6.20. The van der Waals surface area contributed by atoms with Gasteiger partial charge < -0.3 is 10.4 Å². The number of hydrogen-bond donors (Lipinski definition) is 2. The molecule has 2 unspecified atom stereocenters. The smallest absolute Gasteiger partial charge is 0.326 e. The molecule has 1 amide bonds. The number of aliphatic carboxylic acids is 1. The predicted molar refractivity (Wildman–Crippen MR) is 88.1 cm³/mol. The Morgan fingerprint density at radius 3 is 2.42 bits per heavy atom. The standard InChI is InChI=1S/C17H21NO5S/c19-15(13-11-17(13)6-8-24(22,23)9-7-17)18-14(16(20)21)10-12-4-2-1-3-5-12/h1-5,13-14H,6-11H2,(H,18,19)(H,20,21). The first-order valence-corrected chi connectivity index (χ1v) is 9.91. The van der Waals surface area contributed by atoms with E-state index in [1.165, 1.54) is 0 Å². The summed E-state index contributed by atoms with van der Waals surface area (Å²) in [7, 11) is -2.97. The fourth-order valence-corrected chi connectivity index (χ4v) is 5.18. The Balaban J connectivity index is 1.60. The summed E-state index contributed by atoms with van der Waals surface area (Å²) in [6, 6.07) is 8.19. The minimum atomic E-state index is -2.97. The van der Waals surface area contributed by atoms with Crippen molar-refractivity contribution in [2.75, 3.05) is 11.5 Å². The van der Waals surface area contributed by atoms with Gasteiger partial charge in [0, 0.05) is 12.3 Å². The Hall–Kier alpha value is -1.89. The van der Waals surface area contributed by atoms with Crippen LogP contribution in [-0.2, 0) is 25.8 Å². The lowest BCUT2D eigenvalue weighted by Crippen LogP contribution is -2.44. The Labute approximate surface area is 141 Å².